The highest BCUT2D eigenvalue weighted by molar-refractivity contribution is 7.72. The summed E-state index contributed by atoms with van der Waals surface area (Å²) in [5, 5.41) is 4.89. The molecule has 2 aromatic heterocycles. The number of carbonyl (C=O) groups is 4. The Morgan fingerprint density at radius 2 is 1.49 bits per heavy atom. The van der Waals surface area contributed by atoms with Crippen molar-refractivity contribution in [3.63, 3.8) is 0 Å². The van der Waals surface area contributed by atoms with Gasteiger partial charge in [0.2, 0.25) is 15.4 Å². The van der Waals surface area contributed by atoms with Gasteiger partial charge < -0.3 is 28.1 Å². The Morgan fingerprint density at radius 3 is 2.07 bits per heavy atom. The fraction of sp³-hybridized carbons (Fsp3) is 0.417. The summed E-state index contributed by atoms with van der Waals surface area (Å²) in [5.74, 6) is -2.90. The zero-order valence-corrected chi connectivity index (χ0v) is 24.4. The quantitative estimate of drug-likeness (QED) is 0.213. The molecule has 3 heterocycles. The van der Waals surface area contributed by atoms with Crippen LogP contribution in [0.4, 0.5) is 0 Å². The molecule has 218 valence electrons. The van der Waals surface area contributed by atoms with Crippen molar-refractivity contribution in [2.45, 2.75) is 58.3 Å². The van der Waals surface area contributed by atoms with E-state index in [4.69, 9.17) is 64.1 Å². The highest BCUT2D eigenvalue weighted by atomic mass is 35.5. The molecule has 41 heavy (non-hydrogen) atoms. The maximum atomic E-state index is 12.2. The van der Waals surface area contributed by atoms with Crippen molar-refractivity contribution in [2.24, 2.45) is 0 Å². The van der Waals surface area contributed by atoms with Crippen molar-refractivity contribution in [1.29, 1.82) is 0 Å². The van der Waals surface area contributed by atoms with Gasteiger partial charge in [0, 0.05) is 38.3 Å². The minimum absolute atomic E-state index is 0.0492. The summed E-state index contributed by atoms with van der Waals surface area (Å²) in [5.41, 5.74) is 0.569. The molecule has 1 fully saturated rings. The molecule has 0 unspecified atom stereocenters. The van der Waals surface area contributed by atoms with Crippen LogP contribution in [0.15, 0.2) is 28.7 Å². The Bertz CT molecular complexity index is 1620. The minimum Gasteiger partial charge on any atom is -0.463 e. The number of carbonyl (C=O) groups excluding carboxylic acids is 4. The molecule has 0 aliphatic carbocycles. The molecule has 14 nitrogen and oxygen atoms in total. The van der Waals surface area contributed by atoms with Crippen molar-refractivity contribution in [1.82, 2.24) is 19.2 Å². The topological polar surface area (TPSA) is 163 Å². The van der Waals surface area contributed by atoms with Crippen LogP contribution in [0.25, 0.3) is 17.3 Å². The van der Waals surface area contributed by atoms with Gasteiger partial charge in [-0.1, -0.05) is 11.6 Å². The van der Waals surface area contributed by atoms with E-state index < -0.39 is 61.1 Å². The van der Waals surface area contributed by atoms with Crippen LogP contribution in [0.2, 0.25) is 5.02 Å². The normalized spacial score (nSPS) is 22.1. The molecule has 0 N–H and O–H groups in total. The molecule has 1 aliphatic heterocycles. The lowest BCUT2D eigenvalue weighted by atomic mass is 9.97. The fourth-order valence-electron chi connectivity index (χ4n) is 4.14. The van der Waals surface area contributed by atoms with Gasteiger partial charge in [0.05, 0.1) is 0 Å². The highest BCUT2D eigenvalue weighted by Gasteiger charge is 2.53. The van der Waals surface area contributed by atoms with Crippen LogP contribution in [0.1, 0.15) is 33.9 Å². The molecule has 3 aromatic rings. The smallest absolute Gasteiger partial charge is 0.330 e. The minimum atomic E-state index is -1.45. The number of ether oxygens (including phenoxy) is 5. The number of benzene rings is 1. The van der Waals surface area contributed by atoms with Crippen molar-refractivity contribution < 1.29 is 47.3 Å². The number of rotatable bonds is 7. The number of hydrogen-bond donors (Lipinski definition) is 0. The van der Waals surface area contributed by atoms with E-state index >= 15 is 0 Å². The second-order valence-corrected chi connectivity index (χ2v) is 9.91. The van der Waals surface area contributed by atoms with Crippen molar-refractivity contribution >= 4 is 65.8 Å². The number of nitrogens with zero attached hydrogens (tertiary/aromatic N) is 4. The average molecular weight is 627 g/mol. The van der Waals surface area contributed by atoms with Crippen LogP contribution < -0.4 is 0 Å². The van der Waals surface area contributed by atoms with Gasteiger partial charge in [-0.3, -0.25) is 23.7 Å². The van der Waals surface area contributed by atoms with Crippen LogP contribution in [0.3, 0.4) is 0 Å². The van der Waals surface area contributed by atoms with Gasteiger partial charge in [0.1, 0.15) is 12.7 Å². The lowest BCUT2D eigenvalue weighted by molar-refractivity contribution is -0.269. The second-order valence-electron chi connectivity index (χ2n) is 8.75. The first kappa shape index (κ1) is 30.2. The van der Waals surface area contributed by atoms with Crippen LogP contribution in [0, 0.1) is 9.54 Å². The third-order valence-corrected chi connectivity index (χ3v) is 6.57. The van der Waals surface area contributed by atoms with Gasteiger partial charge in [-0.15, -0.1) is 5.10 Å². The number of esters is 4. The largest absolute Gasteiger partial charge is 0.463 e. The van der Waals surface area contributed by atoms with Gasteiger partial charge >= 0.3 is 29.7 Å². The average Bonchev–Trinajstić information content (AvgIpc) is 3.30. The predicted molar refractivity (Wildman–Crippen MR) is 143 cm³/mol. The third kappa shape index (κ3) is 6.78. The molecule has 0 radical (unpaired) electrons. The zero-order valence-electron chi connectivity index (χ0n) is 22.0. The van der Waals surface area contributed by atoms with E-state index in [1.54, 1.807) is 24.3 Å². The first-order valence-corrected chi connectivity index (χ1v) is 13.1. The van der Waals surface area contributed by atoms with Crippen molar-refractivity contribution in [2.75, 3.05) is 6.61 Å². The Kier molecular flexibility index (Phi) is 9.16. The summed E-state index contributed by atoms with van der Waals surface area (Å²) in [7, 11) is 0. The lowest BCUT2D eigenvalue weighted by Gasteiger charge is -2.44. The van der Waals surface area contributed by atoms with Gasteiger partial charge in [-0.05, 0) is 48.7 Å². The molecule has 5 atom stereocenters. The van der Waals surface area contributed by atoms with Gasteiger partial charge in [0.25, 0.3) is 0 Å². The lowest BCUT2D eigenvalue weighted by Crippen LogP contribution is -2.60. The Balaban J connectivity index is 1.88. The van der Waals surface area contributed by atoms with E-state index in [1.807, 2.05) is 0 Å². The summed E-state index contributed by atoms with van der Waals surface area (Å²) in [6.45, 7) is 4.09. The van der Waals surface area contributed by atoms with Crippen LogP contribution >= 0.6 is 36.0 Å². The summed E-state index contributed by atoms with van der Waals surface area (Å²) in [6, 6.07) is 6.65. The van der Waals surface area contributed by atoms with Crippen molar-refractivity contribution in [3.8, 4) is 11.5 Å². The monoisotopic (exact) mass is 626 g/mol. The fourth-order valence-corrected chi connectivity index (χ4v) is 4.90. The molecule has 4 rings (SSSR count). The first-order chi connectivity index (χ1) is 19.3. The Morgan fingerprint density at radius 1 is 0.902 bits per heavy atom. The van der Waals surface area contributed by atoms with Gasteiger partial charge in [-0.2, -0.15) is 9.50 Å². The van der Waals surface area contributed by atoms with Gasteiger partial charge in [-0.25, -0.2) is 0 Å². The molecule has 0 bridgehead atoms. The third-order valence-electron chi connectivity index (χ3n) is 5.66. The Labute approximate surface area is 247 Å². The number of fused-ring (bicyclic) bond motifs is 1. The molecule has 1 aliphatic rings. The molecule has 1 saturated heterocycles. The van der Waals surface area contributed by atoms with E-state index in [0.717, 1.165) is 20.8 Å². The van der Waals surface area contributed by atoms with E-state index in [2.05, 4.69) is 10.1 Å². The van der Waals surface area contributed by atoms with E-state index in [9.17, 15) is 19.2 Å². The predicted octanol–water partition coefficient (Wildman–Crippen LogP) is 3.16. The van der Waals surface area contributed by atoms with Crippen LogP contribution in [0.5, 0.6) is 0 Å². The summed E-state index contributed by atoms with van der Waals surface area (Å²) in [4.78, 5) is 52.2. The highest BCUT2D eigenvalue weighted by Crippen LogP contribution is 2.35. The standard InChI is InChI=1S/C24H23ClN4O10S2/c1-10(30)34-9-16-17(35-11(2)31)18(36-12(3)32)19(37-13(4)33)21(38-16)28-23(40)26-22-29(24(28)41)27-20(39-22)14-5-7-15(25)8-6-14/h5-8,16-19,21H,9H2,1-4H3/t16-,17+,18+,19-,21-/m1/s1. The maximum absolute atomic E-state index is 12.2. The zero-order chi connectivity index (χ0) is 30.0. The molecule has 0 amide bonds. The molecular weight excluding hydrogens is 604 g/mol. The summed E-state index contributed by atoms with van der Waals surface area (Å²) < 4.78 is 35.5. The molecule has 0 saturated carbocycles. The Hall–Kier alpha value is -3.73. The van der Waals surface area contributed by atoms with E-state index in [0.29, 0.717) is 10.6 Å². The SMILES string of the molecule is CC(=O)OC[C@H]1O[C@@H](n2c(=S)nc3oc(-c4ccc(Cl)cc4)nn3c2=S)[C@H](OC(C)=O)[C@@H](OC(C)=O)[C@H]1OC(C)=O. The van der Waals surface area contributed by atoms with Crippen LogP contribution in [-0.2, 0) is 42.9 Å². The summed E-state index contributed by atoms with van der Waals surface area (Å²) in [6.07, 6.45) is -6.87. The number of halogens is 1. The summed E-state index contributed by atoms with van der Waals surface area (Å²) >= 11 is 17.1. The molecule has 0 spiro atoms. The van der Waals surface area contributed by atoms with E-state index in [-0.39, 0.29) is 21.3 Å². The second kappa shape index (κ2) is 12.4. The molecule has 17 heteroatoms. The first-order valence-electron chi connectivity index (χ1n) is 11.9. The maximum Gasteiger partial charge on any atom is 0.330 e. The van der Waals surface area contributed by atoms with Crippen molar-refractivity contribution in [3.05, 3.63) is 38.8 Å². The van der Waals surface area contributed by atoms with Gasteiger partial charge in [0.15, 0.2) is 24.5 Å². The van der Waals surface area contributed by atoms with Crippen LogP contribution in [-0.4, -0.2) is 74.1 Å². The molecule has 1 aromatic carbocycles. The van der Waals surface area contributed by atoms with E-state index in [1.165, 1.54) is 16.0 Å². The number of aromatic nitrogens is 4. The molecular formula is C24H23ClN4O10S2. The number of hydrogen-bond acceptors (Lipinski definition) is 14.